The third-order valence-corrected chi connectivity index (χ3v) is 3.66. The van der Waals surface area contributed by atoms with Gasteiger partial charge in [0.05, 0.1) is 4.83 Å². The predicted molar refractivity (Wildman–Crippen MR) is 98.0 cm³/mol. The van der Waals surface area contributed by atoms with Crippen LogP contribution in [0.1, 0.15) is 37.0 Å². The first-order valence-electron chi connectivity index (χ1n) is 7.09. The lowest BCUT2D eigenvalue weighted by Gasteiger charge is -2.11. The Morgan fingerprint density at radius 3 is 2.46 bits per heavy atom. The van der Waals surface area contributed by atoms with Gasteiger partial charge in [-0.05, 0) is 30.0 Å². The second kappa shape index (κ2) is 11.5. The van der Waals surface area contributed by atoms with Gasteiger partial charge in [0.25, 0.3) is 0 Å². The van der Waals surface area contributed by atoms with Crippen LogP contribution in [-0.4, -0.2) is 17.0 Å². The Kier molecular flexibility index (Phi) is 11.0. The minimum atomic E-state index is -4.75. The molecule has 0 aliphatic rings. The molecule has 0 saturated carbocycles. The number of rotatable bonds is 6. The average molecular weight is 472 g/mol. The Hall–Kier alpha value is -1.08. The van der Waals surface area contributed by atoms with Gasteiger partial charge in [-0.1, -0.05) is 76.1 Å². The number of allylic oxidation sites excluding steroid dienone is 3. The third-order valence-electron chi connectivity index (χ3n) is 2.53. The van der Waals surface area contributed by atoms with E-state index in [0.29, 0.717) is 6.42 Å². The number of hydrogen-bond acceptors (Lipinski definition) is 2. The molecule has 0 fully saturated rings. The van der Waals surface area contributed by atoms with Crippen molar-refractivity contribution in [2.75, 3.05) is 0 Å². The summed E-state index contributed by atoms with van der Waals surface area (Å²) >= 11 is 6.44. The van der Waals surface area contributed by atoms with Crippen LogP contribution in [0.5, 0.6) is 5.75 Å². The quantitative estimate of drug-likeness (QED) is 0.259. The van der Waals surface area contributed by atoms with Gasteiger partial charge >= 0.3 is 6.36 Å². The van der Waals surface area contributed by atoms with Crippen LogP contribution < -0.4 is 4.74 Å². The van der Waals surface area contributed by atoms with Crippen molar-refractivity contribution in [2.24, 2.45) is 0 Å². The van der Waals surface area contributed by atoms with Crippen LogP contribution in [0.3, 0.4) is 0 Å². The van der Waals surface area contributed by atoms with E-state index in [2.05, 4.69) is 43.2 Å². The lowest BCUT2D eigenvalue weighted by Crippen LogP contribution is -2.18. The molecule has 1 atom stereocenters. The number of halogens is 5. The first-order valence-corrected chi connectivity index (χ1v) is 8.80. The van der Waals surface area contributed by atoms with Gasteiger partial charge < -0.3 is 4.74 Å². The largest absolute Gasteiger partial charge is 0.573 e. The molecule has 0 aromatic heterocycles. The summed E-state index contributed by atoms with van der Waals surface area (Å²) in [5.41, 5.74) is 0.201. The van der Waals surface area contributed by atoms with Gasteiger partial charge in [-0.2, -0.15) is 0 Å². The summed E-state index contributed by atoms with van der Waals surface area (Å²) in [6, 6.07) is 5.09. The van der Waals surface area contributed by atoms with Crippen molar-refractivity contribution in [3.63, 3.8) is 0 Å². The number of carbonyl (C=O) groups is 1. The minimum Gasteiger partial charge on any atom is -0.406 e. The van der Waals surface area contributed by atoms with Crippen molar-refractivity contribution in [1.82, 2.24) is 0 Å². The van der Waals surface area contributed by atoms with Gasteiger partial charge in [0, 0.05) is 5.56 Å². The molecule has 24 heavy (non-hydrogen) atoms. The molecule has 1 rings (SSSR count). The Morgan fingerprint density at radius 2 is 2.04 bits per heavy atom. The molecule has 0 heterocycles. The second-order valence-electron chi connectivity index (χ2n) is 4.69. The Labute approximate surface area is 157 Å². The molecule has 0 spiro atoms. The maximum atomic E-state index is 12.0. The Morgan fingerprint density at radius 1 is 1.42 bits per heavy atom. The lowest BCUT2D eigenvalue weighted by molar-refractivity contribution is -0.274. The maximum absolute atomic E-state index is 12.0. The number of Topliss-reactive ketones (excluding diaryl/α,β-unsaturated/α-hetero) is 1. The molecule has 0 amide bonds. The smallest absolute Gasteiger partial charge is 0.406 e. The first-order chi connectivity index (χ1) is 11.1. The number of carbonyl (C=O) groups excluding carboxylic acids is 1. The SMILES string of the molecule is C=C/C=C(\C)Br.CCCC(Br)C(=O)c1cccc(OC(F)(F)F)c1. The van der Waals surface area contributed by atoms with Crippen molar-refractivity contribution in [3.8, 4) is 5.75 Å². The van der Waals surface area contributed by atoms with E-state index < -0.39 is 6.36 Å². The van der Waals surface area contributed by atoms with Crippen LogP contribution in [-0.2, 0) is 0 Å². The van der Waals surface area contributed by atoms with Gasteiger partial charge in [0.1, 0.15) is 5.75 Å². The first kappa shape index (κ1) is 22.9. The van der Waals surface area contributed by atoms with E-state index >= 15 is 0 Å². The summed E-state index contributed by atoms with van der Waals surface area (Å²) in [5, 5.41) is 0. The lowest BCUT2D eigenvalue weighted by atomic mass is 10.1. The summed E-state index contributed by atoms with van der Waals surface area (Å²) in [5.74, 6) is -0.631. The van der Waals surface area contributed by atoms with Crippen molar-refractivity contribution in [1.29, 1.82) is 0 Å². The highest BCUT2D eigenvalue weighted by molar-refractivity contribution is 9.11. The second-order valence-corrected chi connectivity index (χ2v) is 7.04. The van der Waals surface area contributed by atoms with E-state index in [1.54, 1.807) is 6.08 Å². The third kappa shape index (κ3) is 10.6. The van der Waals surface area contributed by atoms with E-state index in [1.807, 2.05) is 19.9 Å². The summed E-state index contributed by atoms with van der Waals surface area (Å²) in [4.78, 5) is 11.5. The van der Waals surface area contributed by atoms with E-state index in [0.717, 1.165) is 23.0 Å². The predicted octanol–water partition coefficient (Wildman–Crippen LogP) is 6.80. The van der Waals surface area contributed by atoms with Crippen molar-refractivity contribution >= 4 is 37.6 Å². The van der Waals surface area contributed by atoms with Gasteiger partial charge in [0.15, 0.2) is 5.78 Å². The molecule has 0 aliphatic carbocycles. The highest BCUT2D eigenvalue weighted by Crippen LogP contribution is 2.25. The molecule has 134 valence electrons. The van der Waals surface area contributed by atoms with Crippen LogP contribution in [0, 0.1) is 0 Å². The Bertz CT molecular complexity index is 565. The molecule has 7 heteroatoms. The Balaban J connectivity index is 0.000000754. The van der Waals surface area contributed by atoms with Crippen molar-refractivity contribution in [3.05, 3.63) is 53.0 Å². The molecule has 0 aliphatic heterocycles. The van der Waals surface area contributed by atoms with Crippen LogP contribution in [0.2, 0.25) is 0 Å². The van der Waals surface area contributed by atoms with Crippen LogP contribution in [0.15, 0.2) is 47.5 Å². The number of ketones is 1. The van der Waals surface area contributed by atoms with Gasteiger partial charge in [-0.3, -0.25) is 4.79 Å². The molecular formula is C17H19Br2F3O2. The average Bonchev–Trinajstić information content (AvgIpc) is 2.45. The molecule has 0 bridgehead atoms. The van der Waals surface area contributed by atoms with Crippen molar-refractivity contribution < 1.29 is 22.7 Å². The normalized spacial score (nSPS) is 12.7. The molecule has 1 aromatic rings. The molecule has 0 saturated heterocycles. The van der Waals surface area contributed by atoms with E-state index in [-0.39, 0.29) is 21.9 Å². The van der Waals surface area contributed by atoms with E-state index in [4.69, 9.17) is 0 Å². The van der Waals surface area contributed by atoms with Crippen LogP contribution >= 0.6 is 31.9 Å². The fourth-order valence-corrected chi connectivity index (χ4v) is 2.48. The highest BCUT2D eigenvalue weighted by Gasteiger charge is 2.31. The zero-order valence-electron chi connectivity index (χ0n) is 13.4. The monoisotopic (exact) mass is 470 g/mol. The number of hydrogen-bond donors (Lipinski definition) is 0. The summed E-state index contributed by atoms with van der Waals surface area (Å²) in [7, 11) is 0. The minimum absolute atomic E-state index is 0.201. The molecule has 1 aromatic carbocycles. The van der Waals surface area contributed by atoms with E-state index in [1.165, 1.54) is 12.1 Å². The molecular weight excluding hydrogens is 453 g/mol. The zero-order chi connectivity index (χ0) is 18.8. The molecule has 0 radical (unpaired) electrons. The van der Waals surface area contributed by atoms with Crippen LogP contribution in [0.4, 0.5) is 13.2 Å². The summed E-state index contributed by atoms with van der Waals surface area (Å²) in [6.07, 6.45) is 0.312. The summed E-state index contributed by atoms with van der Waals surface area (Å²) < 4.78 is 41.0. The van der Waals surface area contributed by atoms with Crippen molar-refractivity contribution in [2.45, 2.75) is 37.9 Å². The topological polar surface area (TPSA) is 26.3 Å². The number of benzene rings is 1. The zero-order valence-corrected chi connectivity index (χ0v) is 16.5. The molecule has 2 nitrogen and oxygen atoms in total. The number of alkyl halides is 4. The fourth-order valence-electron chi connectivity index (χ4n) is 1.57. The highest BCUT2D eigenvalue weighted by atomic mass is 79.9. The standard InChI is InChI=1S/C12H12BrF3O2.C5H7Br/c1-2-4-10(13)11(17)8-5-3-6-9(7-8)18-12(14,15)16;1-3-4-5(2)6/h3,5-7,10H,2,4H2,1H3;3-4H,1H2,2H3/b;5-4+. The van der Waals surface area contributed by atoms with Crippen LogP contribution in [0.25, 0.3) is 0 Å². The molecule has 0 N–H and O–H groups in total. The number of ether oxygens (including phenoxy) is 1. The molecule has 1 unspecified atom stereocenters. The van der Waals surface area contributed by atoms with Gasteiger partial charge in [-0.15, -0.1) is 13.2 Å². The summed E-state index contributed by atoms with van der Waals surface area (Å²) in [6.45, 7) is 7.38. The maximum Gasteiger partial charge on any atom is 0.573 e. The van der Waals surface area contributed by atoms with E-state index in [9.17, 15) is 18.0 Å². The fraction of sp³-hybridized carbons (Fsp3) is 0.353. The van der Waals surface area contributed by atoms with Gasteiger partial charge in [-0.25, -0.2) is 0 Å². The van der Waals surface area contributed by atoms with Gasteiger partial charge in [0.2, 0.25) is 0 Å².